The second kappa shape index (κ2) is 4.76. The first-order valence-electron chi connectivity index (χ1n) is 4.20. The van der Waals surface area contributed by atoms with Crippen LogP contribution in [-0.4, -0.2) is 0 Å². The summed E-state index contributed by atoms with van der Waals surface area (Å²) in [5, 5.41) is 0. The van der Waals surface area contributed by atoms with Gasteiger partial charge in [0, 0.05) is 0 Å². The van der Waals surface area contributed by atoms with Crippen LogP contribution in [0.1, 0.15) is 33.6 Å². The molecule has 0 aliphatic heterocycles. The maximum absolute atomic E-state index is 4.01. The van der Waals surface area contributed by atoms with Crippen molar-refractivity contribution >= 4 is 0 Å². The predicted octanol–water partition coefficient (Wildman–Crippen LogP) is 3.34. The molecular weight excluding hydrogens is 120 g/mol. The predicted molar refractivity (Wildman–Crippen MR) is 47.4 cm³/mol. The van der Waals surface area contributed by atoms with Gasteiger partial charge in [0.25, 0.3) is 0 Å². The van der Waals surface area contributed by atoms with E-state index in [2.05, 4.69) is 34.6 Å². The van der Waals surface area contributed by atoms with E-state index in [-0.39, 0.29) is 0 Å². The van der Waals surface area contributed by atoms with Gasteiger partial charge in [-0.15, -0.1) is 0 Å². The van der Waals surface area contributed by atoms with Gasteiger partial charge in [-0.05, 0) is 24.2 Å². The lowest BCUT2D eigenvalue weighted by Crippen LogP contribution is -2.08. The minimum Gasteiger partial charge on any atom is -0.0625 e. The second-order valence-electron chi connectivity index (χ2n) is 3.58. The van der Waals surface area contributed by atoms with Crippen LogP contribution in [-0.2, 0) is 0 Å². The number of rotatable bonds is 4. The molecule has 0 amide bonds. The first-order valence-corrected chi connectivity index (χ1v) is 4.20. The van der Waals surface area contributed by atoms with Crippen LogP contribution in [0.5, 0.6) is 0 Å². The normalized spacial score (nSPS) is 17.4. The maximum atomic E-state index is 4.01. The summed E-state index contributed by atoms with van der Waals surface area (Å²) < 4.78 is 0. The van der Waals surface area contributed by atoms with Gasteiger partial charge in [-0.2, -0.15) is 0 Å². The highest BCUT2D eigenvalue weighted by molar-refractivity contribution is 4.67. The molecule has 0 aliphatic rings. The lowest BCUT2D eigenvalue weighted by molar-refractivity contribution is 0.354. The fourth-order valence-corrected chi connectivity index (χ4v) is 0.985. The standard InChI is InChI=1S/C10H20/c1-6-9(4)7-10(5)8(2)3/h8-10H,1-2,6-7H2,3-5H3. The molecule has 0 aromatic rings. The van der Waals surface area contributed by atoms with Gasteiger partial charge in [0.15, 0.2) is 0 Å². The highest BCUT2D eigenvalue weighted by atomic mass is 14.2. The summed E-state index contributed by atoms with van der Waals surface area (Å²) in [7, 11) is 0. The molecule has 0 bridgehead atoms. The summed E-state index contributed by atoms with van der Waals surface area (Å²) in [6, 6.07) is 0. The van der Waals surface area contributed by atoms with Gasteiger partial charge < -0.3 is 0 Å². The molecule has 3 atom stereocenters. The van der Waals surface area contributed by atoms with E-state index in [0.29, 0.717) is 5.92 Å². The van der Waals surface area contributed by atoms with Crippen molar-refractivity contribution in [2.24, 2.45) is 17.8 Å². The fraction of sp³-hybridized carbons (Fsp3) is 0.800. The minimum absolute atomic E-state index is 0.578. The molecule has 0 heteroatoms. The van der Waals surface area contributed by atoms with Crippen LogP contribution in [0.4, 0.5) is 0 Å². The molecule has 0 nitrogen and oxygen atoms in total. The van der Waals surface area contributed by atoms with Crippen LogP contribution in [0.2, 0.25) is 0 Å². The Morgan fingerprint density at radius 1 is 1.20 bits per heavy atom. The molecule has 0 saturated carbocycles. The van der Waals surface area contributed by atoms with E-state index < -0.39 is 0 Å². The number of hydrogen-bond acceptors (Lipinski definition) is 0. The van der Waals surface area contributed by atoms with Gasteiger partial charge in [-0.25, -0.2) is 0 Å². The fourth-order valence-electron chi connectivity index (χ4n) is 0.985. The summed E-state index contributed by atoms with van der Waals surface area (Å²) in [5.74, 6) is 2.09. The van der Waals surface area contributed by atoms with Crippen molar-refractivity contribution < 1.29 is 0 Å². The van der Waals surface area contributed by atoms with Crippen molar-refractivity contribution in [3.63, 3.8) is 0 Å². The highest BCUT2D eigenvalue weighted by Gasteiger charge is 2.09. The molecule has 0 aromatic carbocycles. The smallest absolute Gasteiger partial charge is 0.0414 e. The molecule has 0 spiro atoms. The van der Waals surface area contributed by atoms with Crippen molar-refractivity contribution in [2.45, 2.75) is 33.6 Å². The van der Waals surface area contributed by atoms with Crippen LogP contribution < -0.4 is 0 Å². The molecule has 0 aromatic heterocycles. The quantitative estimate of drug-likeness (QED) is 0.562. The highest BCUT2D eigenvalue weighted by Crippen LogP contribution is 2.20. The SMILES string of the molecule is [CH2]CC(C)CC(C)C([CH2])C. The van der Waals surface area contributed by atoms with E-state index in [4.69, 9.17) is 0 Å². The minimum atomic E-state index is 0.578. The van der Waals surface area contributed by atoms with Crippen molar-refractivity contribution in [2.75, 3.05) is 0 Å². The molecule has 60 valence electrons. The molecule has 0 heterocycles. The van der Waals surface area contributed by atoms with Gasteiger partial charge >= 0.3 is 0 Å². The third-order valence-electron chi connectivity index (χ3n) is 2.24. The molecule has 0 fully saturated rings. The summed E-state index contributed by atoms with van der Waals surface area (Å²) in [5.41, 5.74) is 0. The Hall–Kier alpha value is 0. The first kappa shape index (κ1) is 10.0. The van der Waals surface area contributed by atoms with Crippen molar-refractivity contribution in [1.82, 2.24) is 0 Å². The Balaban J connectivity index is 3.46. The molecule has 0 N–H and O–H groups in total. The Morgan fingerprint density at radius 2 is 1.70 bits per heavy atom. The van der Waals surface area contributed by atoms with Gasteiger partial charge in [-0.1, -0.05) is 41.0 Å². The van der Waals surface area contributed by atoms with E-state index in [0.717, 1.165) is 18.3 Å². The van der Waals surface area contributed by atoms with E-state index in [1.165, 1.54) is 6.42 Å². The van der Waals surface area contributed by atoms with E-state index in [1.807, 2.05) is 0 Å². The topological polar surface area (TPSA) is 0 Å². The monoisotopic (exact) mass is 140 g/mol. The Bertz CT molecular complexity index is 74.1. The van der Waals surface area contributed by atoms with Gasteiger partial charge in [0.1, 0.15) is 0 Å². The van der Waals surface area contributed by atoms with Gasteiger partial charge in [-0.3, -0.25) is 0 Å². The average molecular weight is 140 g/mol. The zero-order valence-electron chi connectivity index (χ0n) is 7.56. The molecule has 0 rings (SSSR count). The number of hydrogen-bond donors (Lipinski definition) is 0. The van der Waals surface area contributed by atoms with Crippen molar-refractivity contribution in [3.8, 4) is 0 Å². The van der Waals surface area contributed by atoms with Crippen molar-refractivity contribution in [1.29, 1.82) is 0 Å². The Morgan fingerprint density at radius 3 is 2.00 bits per heavy atom. The molecule has 0 aliphatic carbocycles. The molecule has 0 saturated heterocycles. The van der Waals surface area contributed by atoms with Gasteiger partial charge in [0.2, 0.25) is 0 Å². The average Bonchev–Trinajstić information content (AvgIpc) is 1.87. The summed E-state index contributed by atoms with van der Waals surface area (Å²) in [4.78, 5) is 0. The Kier molecular flexibility index (Phi) is 4.76. The Labute approximate surface area is 66.0 Å². The van der Waals surface area contributed by atoms with Crippen LogP contribution in [0, 0.1) is 31.6 Å². The zero-order chi connectivity index (χ0) is 8.15. The van der Waals surface area contributed by atoms with Crippen LogP contribution in [0.25, 0.3) is 0 Å². The lowest BCUT2D eigenvalue weighted by atomic mass is 9.88. The third kappa shape index (κ3) is 3.92. The van der Waals surface area contributed by atoms with E-state index >= 15 is 0 Å². The lowest BCUT2D eigenvalue weighted by Gasteiger charge is -2.18. The largest absolute Gasteiger partial charge is 0.0625 e. The second-order valence-corrected chi connectivity index (χ2v) is 3.58. The van der Waals surface area contributed by atoms with E-state index in [1.54, 1.807) is 0 Å². The van der Waals surface area contributed by atoms with Crippen molar-refractivity contribution in [3.05, 3.63) is 13.8 Å². The van der Waals surface area contributed by atoms with Crippen LogP contribution in [0.3, 0.4) is 0 Å². The zero-order valence-corrected chi connectivity index (χ0v) is 7.56. The summed E-state index contributed by atoms with van der Waals surface area (Å²) in [6.07, 6.45) is 2.32. The van der Waals surface area contributed by atoms with Crippen LogP contribution in [0.15, 0.2) is 0 Å². The summed E-state index contributed by atoms with van der Waals surface area (Å²) >= 11 is 0. The molecule has 2 radical (unpaired) electrons. The third-order valence-corrected chi connectivity index (χ3v) is 2.24. The van der Waals surface area contributed by atoms with Gasteiger partial charge in [0.05, 0.1) is 0 Å². The van der Waals surface area contributed by atoms with Crippen LogP contribution >= 0.6 is 0 Å². The maximum Gasteiger partial charge on any atom is -0.0414 e. The first-order chi connectivity index (χ1) is 4.57. The summed E-state index contributed by atoms with van der Waals surface area (Å²) in [6.45, 7) is 14.6. The molecular formula is C10H20. The molecule has 3 unspecified atom stereocenters. The van der Waals surface area contributed by atoms with E-state index in [9.17, 15) is 0 Å². The molecule has 10 heavy (non-hydrogen) atoms.